The number of amides is 1. The molecule has 148 valence electrons. The third kappa shape index (κ3) is 3.51. The van der Waals surface area contributed by atoms with Crippen molar-refractivity contribution in [2.75, 3.05) is 26.2 Å². The summed E-state index contributed by atoms with van der Waals surface area (Å²) in [5, 5.41) is 0. The van der Waals surface area contributed by atoms with Crippen molar-refractivity contribution in [3.8, 4) is 0 Å². The standard InChI is InChI=1S/C23H29N3O2/c1-3-26-17(2)8-11-21(23(26)28)22(27)25-14-12-24(13-15-25)20-10-9-18-6-4-5-7-19(18)16-20/h4-8,11,20H,3,9-10,12-16H2,1-2H3/t20-/m0/s1. The topological polar surface area (TPSA) is 45.6 Å². The second-order valence-electron chi connectivity index (χ2n) is 7.93. The quantitative estimate of drug-likeness (QED) is 0.823. The Balaban J connectivity index is 1.41. The average Bonchev–Trinajstić information content (AvgIpc) is 2.73. The molecule has 1 aromatic heterocycles. The van der Waals surface area contributed by atoms with Gasteiger partial charge in [-0.25, -0.2) is 0 Å². The number of benzene rings is 1. The molecule has 0 N–H and O–H groups in total. The van der Waals surface area contributed by atoms with Crippen LogP contribution in [0, 0.1) is 6.92 Å². The van der Waals surface area contributed by atoms with E-state index in [0.717, 1.165) is 31.6 Å². The largest absolute Gasteiger partial charge is 0.336 e. The zero-order valence-electron chi connectivity index (χ0n) is 16.9. The number of aromatic nitrogens is 1. The number of aryl methyl sites for hydroxylation is 2. The highest BCUT2D eigenvalue weighted by Crippen LogP contribution is 2.25. The van der Waals surface area contributed by atoms with Gasteiger partial charge < -0.3 is 9.47 Å². The van der Waals surface area contributed by atoms with Gasteiger partial charge in [0.05, 0.1) is 0 Å². The fraction of sp³-hybridized carbons (Fsp3) is 0.478. The minimum absolute atomic E-state index is 0.124. The van der Waals surface area contributed by atoms with Crippen LogP contribution in [0.2, 0.25) is 0 Å². The van der Waals surface area contributed by atoms with Gasteiger partial charge in [-0.05, 0) is 56.4 Å². The Morgan fingerprint density at radius 1 is 1.04 bits per heavy atom. The van der Waals surface area contributed by atoms with E-state index in [4.69, 9.17) is 0 Å². The van der Waals surface area contributed by atoms with E-state index in [9.17, 15) is 9.59 Å². The first-order chi connectivity index (χ1) is 13.6. The van der Waals surface area contributed by atoms with Gasteiger partial charge in [-0.1, -0.05) is 24.3 Å². The van der Waals surface area contributed by atoms with Gasteiger partial charge in [-0.15, -0.1) is 0 Å². The maximum Gasteiger partial charge on any atom is 0.263 e. The van der Waals surface area contributed by atoms with Gasteiger partial charge in [-0.2, -0.15) is 0 Å². The van der Waals surface area contributed by atoms with Gasteiger partial charge >= 0.3 is 0 Å². The SMILES string of the molecule is CCn1c(C)ccc(C(=O)N2CCN([C@H]3CCc4ccccc4C3)CC2)c1=O. The molecule has 1 aliphatic heterocycles. The molecule has 1 aliphatic carbocycles. The Bertz CT molecular complexity index is 926. The molecule has 0 radical (unpaired) electrons. The Labute approximate surface area is 166 Å². The van der Waals surface area contributed by atoms with Gasteiger partial charge in [0.1, 0.15) is 5.56 Å². The number of nitrogens with zero attached hydrogens (tertiary/aromatic N) is 3. The Morgan fingerprint density at radius 3 is 2.46 bits per heavy atom. The van der Waals surface area contributed by atoms with Crippen LogP contribution in [0.3, 0.4) is 0 Å². The van der Waals surface area contributed by atoms with Crippen LogP contribution in [0.5, 0.6) is 0 Å². The number of carbonyl (C=O) groups excluding carboxylic acids is 1. The molecular weight excluding hydrogens is 350 g/mol. The second-order valence-corrected chi connectivity index (χ2v) is 7.93. The number of carbonyl (C=O) groups is 1. The molecule has 5 nitrogen and oxygen atoms in total. The fourth-order valence-electron chi connectivity index (χ4n) is 4.68. The summed E-state index contributed by atoms with van der Waals surface area (Å²) < 4.78 is 1.67. The highest BCUT2D eigenvalue weighted by atomic mass is 16.2. The molecule has 5 heteroatoms. The van der Waals surface area contributed by atoms with E-state index >= 15 is 0 Å². The maximum absolute atomic E-state index is 12.9. The van der Waals surface area contributed by atoms with Gasteiger partial charge in [0, 0.05) is 44.5 Å². The number of hydrogen-bond acceptors (Lipinski definition) is 3. The van der Waals surface area contributed by atoms with Gasteiger partial charge in [0.2, 0.25) is 0 Å². The van der Waals surface area contributed by atoms with Crippen molar-refractivity contribution >= 4 is 5.91 Å². The van der Waals surface area contributed by atoms with Crippen LogP contribution in [0.25, 0.3) is 0 Å². The van der Waals surface area contributed by atoms with Crippen molar-refractivity contribution < 1.29 is 4.79 Å². The lowest BCUT2D eigenvalue weighted by Gasteiger charge is -2.41. The summed E-state index contributed by atoms with van der Waals surface area (Å²) in [6.07, 6.45) is 3.42. The van der Waals surface area contributed by atoms with Crippen molar-refractivity contribution in [2.24, 2.45) is 0 Å². The second kappa shape index (κ2) is 7.92. The minimum atomic E-state index is -0.168. The molecule has 0 unspecified atom stereocenters. The molecule has 2 aromatic rings. The fourth-order valence-corrected chi connectivity index (χ4v) is 4.68. The van der Waals surface area contributed by atoms with Gasteiger partial charge in [0.25, 0.3) is 11.5 Å². The van der Waals surface area contributed by atoms with E-state index in [2.05, 4.69) is 29.2 Å². The average molecular weight is 380 g/mol. The van der Waals surface area contributed by atoms with Crippen LogP contribution in [0.4, 0.5) is 0 Å². The molecule has 1 fully saturated rings. The first kappa shape index (κ1) is 18.9. The predicted octanol–water partition coefficient (Wildman–Crippen LogP) is 2.49. The molecule has 4 rings (SSSR count). The molecule has 1 saturated heterocycles. The monoisotopic (exact) mass is 379 g/mol. The van der Waals surface area contributed by atoms with Gasteiger partial charge in [0.15, 0.2) is 0 Å². The molecule has 28 heavy (non-hydrogen) atoms. The van der Waals surface area contributed by atoms with Crippen LogP contribution in [0.15, 0.2) is 41.2 Å². The highest BCUT2D eigenvalue weighted by molar-refractivity contribution is 5.94. The Hall–Kier alpha value is -2.40. The maximum atomic E-state index is 12.9. The lowest BCUT2D eigenvalue weighted by atomic mass is 9.87. The molecule has 0 spiro atoms. The van der Waals surface area contributed by atoms with Crippen molar-refractivity contribution in [3.05, 3.63) is 69.1 Å². The summed E-state index contributed by atoms with van der Waals surface area (Å²) in [4.78, 5) is 30.0. The summed E-state index contributed by atoms with van der Waals surface area (Å²) in [6, 6.07) is 12.9. The zero-order valence-corrected chi connectivity index (χ0v) is 16.9. The molecule has 0 bridgehead atoms. The number of hydrogen-bond donors (Lipinski definition) is 0. The summed E-state index contributed by atoms with van der Waals surface area (Å²) in [5.74, 6) is -0.124. The number of pyridine rings is 1. The van der Waals surface area contributed by atoms with E-state index in [1.54, 1.807) is 10.6 Å². The van der Waals surface area contributed by atoms with E-state index in [1.807, 2.05) is 24.8 Å². The lowest BCUT2D eigenvalue weighted by Crippen LogP contribution is -2.53. The van der Waals surface area contributed by atoms with Crippen LogP contribution in [0.1, 0.15) is 40.5 Å². The van der Waals surface area contributed by atoms with Crippen molar-refractivity contribution in [1.29, 1.82) is 0 Å². The van der Waals surface area contributed by atoms with Crippen LogP contribution in [-0.2, 0) is 19.4 Å². The van der Waals surface area contributed by atoms with Crippen LogP contribution in [-0.4, -0.2) is 52.5 Å². The summed E-state index contributed by atoms with van der Waals surface area (Å²) >= 11 is 0. The zero-order chi connectivity index (χ0) is 19.7. The van der Waals surface area contributed by atoms with E-state index in [1.165, 1.54) is 17.5 Å². The minimum Gasteiger partial charge on any atom is -0.336 e. The van der Waals surface area contributed by atoms with Crippen molar-refractivity contribution in [2.45, 2.75) is 45.7 Å². The molecule has 0 saturated carbocycles. The molecule has 1 atom stereocenters. The number of fused-ring (bicyclic) bond motifs is 1. The summed E-state index contributed by atoms with van der Waals surface area (Å²) in [7, 11) is 0. The van der Waals surface area contributed by atoms with Crippen LogP contribution < -0.4 is 5.56 Å². The van der Waals surface area contributed by atoms with Crippen molar-refractivity contribution in [3.63, 3.8) is 0 Å². The lowest BCUT2D eigenvalue weighted by molar-refractivity contribution is 0.0551. The molecule has 2 aliphatic rings. The number of rotatable bonds is 3. The summed E-state index contributed by atoms with van der Waals surface area (Å²) in [5.41, 5.74) is 3.98. The first-order valence-electron chi connectivity index (χ1n) is 10.4. The van der Waals surface area contributed by atoms with Crippen molar-refractivity contribution in [1.82, 2.24) is 14.4 Å². The number of piperazine rings is 1. The predicted molar refractivity (Wildman–Crippen MR) is 111 cm³/mol. The molecule has 1 amide bonds. The summed E-state index contributed by atoms with van der Waals surface area (Å²) in [6.45, 7) is 7.57. The third-order valence-electron chi connectivity index (χ3n) is 6.38. The normalized spacial score (nSPS) is 20.1. The highest BCUT2D eigenvalue weighted by Gasteiger charge is 2.29. The molecular formula is C23H29N3O2. The van der Waals surface area contributed by atoms with E-state index < -0.39 is 0 Å². The van der Waals surface area contributed by atoms with E-state index in [-0.39, 0.29) is 11.5 Å². The van der Waals surface area contributed by atoms with Crippen LogP contribution >= 0.6 is 0 Å². The third-order valence-corrected chi connectivity index (χ3v) is 6.38. The smallest absolute Gasteiger partial charge is 0.263 e. The Kier molecular flexibility index (Phi) is 5.36. The van der Waals surface area contributed by atoms with E-state index in [0.29, 0.717) is 31.2 Å². The van der Waals surface area contributed by atoms with Gasteiger partial charge in [-0.3, -0.25) is 14.5 Å². The molecule has 2 heterocycles. The molecule has 1 aromatic carbocycles. The Morgan fingerprint density at radius 2 is 1.75 bits per heavy atom. The first-order valence-corrected chi connectivity index (χ1v) is 10.4.